The van der Waals surface area contributed by atoms with Crippen LogP contribution in [0.25, 0.3) is 0 Å². The van der Waals surface area contributed by atoms with Gasteiger partial charge in [-0.05, 0) is 78.9 Å². The fourth-order valence-corrected chi connectivity index (χ4v) is 3.61. The van der Waals surface area contributed by atoms with Crippen LogP contribution in [0.4, 0.5) is 0 Å². The molecule has 0 saturated heterocycles. The van der Waals surface area contributed by atoms with Gasteiger partial charge in [0, 0.05) is 26.7 Å². The van der Waals surface area contributed by atoms with Crippen LogP contribution in [0.2, 0.25) is 15.1 Å². The molecule has 0 saturated carbocycles. The third kappa shape index (κ3) is 8.31. The lowest BCUT2D eigenvalue weighted by Crippen LogP contribution is -2.24. The van der Waals surface area contributed by atoms with Gasteiger partial charge in [-0.3, -0.25) is 4.79 Å². The first kappa shape index (κ1) is 28.6. The second-order valence-electron chi connectivity index (χ2n) is 8.03. The van der Waals surface area contributed by atoms with Crippen LogP contribution in [-0.4, -0.2) is 30.7 Å². The molecule has 0 atom stereocenters. The average Bonchev–Trinajstić information content (AvgIpc) is 2.94. The van der Waals surface area contributed by atoms with E-state index in [1.54, 1.807) is 48.5 Å². The molecule has 0 radical (unpaired) electrons. The van der Waals surface area contributed by atoms with E-state index >= 15 is 0 Å². The molecule has 0 aliphatic rings. The Morgan fingerprint density at radius 2 is 1.32 bits per heavy atom. The highest BCUT2D eigenvalue weighted by Crippen LogP contribution is 2.26. The number of benzene rings is 4. The number of esters is 2. The van der Waals surface area contributed by atoms with Crippen molar-refractivity contribution in [3.63, 3.8) is 0 Å². The SMILES string of the molecule is O=C(COc1cccc(Cl)c1)N/N=C/c1ccc(OC(=O)c2ccc(Cl)cc2)cc1OC(=O)c1ccc(Cl)cc1. The van der Waals surface area contributed by atoms with Gasteiger partial charge >= 0.3 is 11.9 Å². The number of nitrogens with zero attached hydrogens (tertiary/aromatic N) is 1. The van der Waals surface area contributed by atoms with E-state index < -0.39 is 17.8 Å². The molecule has 0 unspecified atom stereocenters. The van der Waals surface area contributed by atoms with E-state index in [9.17, 15) is 14.4 Å². The average molecular weight is 598 g/mol. The third-order valence-electron chi connectivity index (χ3n) is 5.12. The summed E-state index contributed by atoms with van der Waals surface area (Å²) in [6.45, 7) is -0.310. The number of rotatable bonds is 9. The van der Waals surface area contributed by atoms with Gasteiger partial charge in [0.1, 0.15) is 17.2 Å². The number of hydrogen-bond acceptors (Lipinski definition) is 7. The summed E-state index contributed by atoms with van der Waals surface area (Å²) >= 11 is 17.7. The van der Waals surface area contributed by atoms with Gasteiger partial charge in [-0.15, -0.1) is 0 Å². The van der Waals surface area contributed by atoms with Crippen LogP contribution in [0, 0.1) is 0 Å². The van der Waals surface area contributed by atoms with Crippen LogP contribution in [0.3, 0.4) is 0 Å². The van der Waals surface area contributed by atoms with Gasteiger partial charge in [-0.2, -0.15) is 5.10 Å². The molecule has 1 amide bonds. The highest BCUT2D eigenvalue weighted by Gasteiger charge is 2.15. The predicted octanol–water partition coefficient (Wildman–Crippen LogP) is 6.61. The molecule has 202 valence electrons. The van der Waals surface area contributed by atoms with Crippen LogP contribution < -0.4 is 19.6 Å². The third-order valence-corrected chi connectivity index (χ3v) is 5.86. The van der Waals surface area contributed by atoms with Crippen molar-refractivity contribution in [1.29, 1.82) is 0 Å². The molecule has 1 N–H and O–H groups in total. The number of hydrogen-bond donors (Lipinski definition) is 1. The fraction of sp³-hybridized carbons (Fsp3) is 0.0345. The molecule has 0 aliphatic carbocycles. The lowest BCUT2D eigenvalue weighted by atomic mass is 10.2. The zero-order valence-electron chi connectivity index (χ0n) is 20.5. The van der Waals surface area contributed by atoms with Gasteiger partial charge < -0.3 is 14.2 Å². The Morgan fingerprint density at radius 1 is 0.700 bits per heavy atom. The summed E-state index contributed by atoms with van der Waals surface area (Å²) in [4.78, 5) is 37.5. The highest BCUT2D eigenvalue weighted by atomic mass is 35.5. The van der Waals surface area contributed by atoms with Crippen LogP contribution in [0.5, 0.6) is 17.2 Å². The molecule has 0 fully saturated rings. The summed E-state index contributed by atoms with van der Waals surface area (Å²) in [6.07, 6.45) is 1.27. The molecule has 0 aliphatic heterocycles. The van der Waals surface area contributed by atoms with E-state index in [0.717, 1.165) is 0 Å². The van der Waals surface area contributed by atoms with Crippen LogP contribution in [0.15, 0.2) is 96.1 Å². The van der Waals surface area contributed by atoms with Crippen molar-refractivity contribution in [3.05, 3.63) is 123 Å². The summed E-state index contributed by atoms with van der Waals surface area (Å²) in [5.74, 6) is -1.31. The summed E-state index contributed by atoms with van der Waals surface area (Å²) in [6, 6.07) is 23.2. The number of nitrogens with one attached hydrogen (secondary N) is 1. The van der Waals surface area contributed by atoms with E-state index in [-0.39, 0.29) is 29.2 Å². The van der Waals surface area contributed by atoms with Gasteiger partial charge in [0.25, 0.3) is 5.91 Å². The van der Waals surface area contributed by atoms with E-state index in [2.05, 4.69) is 10.5 Å². The molecule has 4 aromatic rings. The Balaban J connectivity index is 1.48. The highest BCUT2D eigenvalue weighted by molar-refractivity contribution is 6.31. The van der Waals surface area contributed by atoms with Crippen molar-refractivity contribution >= 4 is 58.9 Å². The van der Waals surface area contributed by atoms with Gasteiger partial charge in [-0.1, -0.05) is 40.9 Å². The van der Waals surface area contributed by atoms with Gasteiger partial charge in [0.05, 0.1) is 17.3 Å². The van der Waals surface area contributed by atoms with Crippen molar-refractivity contribution in [1.82, 2.24) is 5.43 Å². The summed E-state index contributed by atoms with van der Waals surface area (Å²) in [5, 5.41) is 5.31. The Hall–Kier alpha value is -4.37. The standard InChI is InChI=1S/C29H19Cl3N2O6/c30-21-9-4-18(5-10-21)28(36)39-25-13-8-20(26(15-25)40-29(37)19-6-11-22(31)12-7-19)16-33-34-27(35)17-38-24-3-1-2-23(32)14-24/h1-16H,17H2,(H,34,35)/b33-16+. The Labute approximate surface area is 244 Å². The van der Waals surface area contributed by atoms with Crippen LogP contribution in [0.1, 0.15) is 26.3 Å². The Morgan fingerprint density at radius 3 is 1.95 bits per heavy atom. The number of hydrazone groups is 1. The molecule has 0 spiro atoms. The maximum Gasteiger partial charge on any atom is 0.343 e. The predicted molar refractivity (Wildman–Crippen MR) is 152 cm³/mol. The topological polar surface area (TPSA) is 103 Å². The number of ether oxygens (including phenoxy) is 3. The molecule has 0 bridgehead atoms. The van der Waals surface area contributed by atoms with Crippen molar-refractivity contribution in [3.8, 4) is 17.2 Å². The lowest BCUT2D eigenvalue weighted by Gasteiger charge is -2.11. The monoisotopic (exact) mass is 596 g/mol. The molecule has 4 rings (SSSR count). The molecule has 0 aromatic heterocycles. The van der Waals surface area contributed by atoms with E-state index in [4.69, 9.17) is 49.0 Å². The second-order valence-corrected chi connectivity index (χ2v) is 9.34. The van der Waals surface area contributed by atoms with Crippen molar-refractivity contribution in [2.24, 2.45) is 5.10 Å². The number of carbonyl (C=O) groups is 3. The van der Waals surface area contributed by atoms with Crippen molar-refractivity contribution in [2.45, 2.75) is 0 Å². The zero-order chi connectivity index (χ0) is 28.5. The minimum absolute atomic E-state index is 0.0227. The van der Waals surface area contributed by atoms with E-state index in [1.165, 1.54) is 48.7 Å². The fourth-order valence-electron chi connectivity index (χ4n) is 3.18. The minimum atomic E-state index is -0.688. The first-order chi connectivity index (χ1) is 19.3. The molecule has 8 nitrogen and oxygen atoms in total. The molecular formula is C29H19Cl3N2O6. The van der Waals surface area contributed by atoms with Gasteiger partial charge in [-0.25, -0.2) is 15.0 Å². The largest absolute Gasteiger partial charge is 0.484 e. The van der Waals surface area contributed by atoms with E-state index in [0.29, 0.717) is 26.4 Å². The first-order valence-corrected chi connectivity index (χ1v) is 12.7. The zero-order valence-corrected chi connectivity index (χ0v) is 22.7. The van der Waals surface area contributed by atoms with Gasteiger partial charge in [0.15, 0.2) is 6.61 Å². The Bertz CT molecular complexity index is 1560. The van der Waals surface area contributed by atoms with Crippen LogP contribution >= 0.6 is 34.8 Å². The lowest BCUT2D eigenvalue weighted by molar-refractivity contribution is -0.123. The summed E-state index contributed by atoms with van der Waals surface area (Å²) in [5.41, 5.74) is 3.15. The number of halogens is 3. The van der Waals surface area contributed by atoms with E-state index in [1.807, 2.05) is 0 Å². The van der Waals surface area contributed by atoms with Gasteiger partial charge in [0.2, 0.25) is 0 Å². The quantitative estimate of drug-likeness (QED) is 0.101. The minimum Gasteiger partial charge on any atom is -0.484 e. The molecule has 0 heterocycles. The second kappa shape index (κ2) is 13.6. The summed E-state index contributed by atoms with van der Waals surface area (Å²) < 4.78 is 16.4. The maximum atomic E-state index is 12.8. The first-order valence-electron chi connectivity index (χ1n) is 11.6. The maximum absolute atomic E-state index is 12.8. The van der Waals surface area contributed by atoms with Crippen molar-refractivity contribution in [2.75, 3.05) is 6.61 Å². The Kier molecular flexibility index (Phi) is 9.75. The normalized spacial score (nSPS) is 10.7. The van der Waals surface area contributed by atoms with Crippen LogP contribution in [-0.2, 0) is 4.79 Å². The smallest absolute Gasteiger partial charge is 0.343 e. The molecule has 40 heavy (non-hydrogen) atoms. The number of carbonyl (C=O) groups excluding carboxylic acids is 3. The van der Waals surface area contributed by atoms with Crippen molar-refractivity contribution < 1.29 is 28.6 Å². The number of amides is 1. The molecule has 11 heteroatoms. The molecule has 4 aromatic carbocycles. The summed E-state index contributed by atoms with van der Waals surface area (Å²) in [7, 11) is 0. The molecular weight excluding hydrogens is 579 g/mol.